The van der Waals surface area contributed by atoms with Gasteiger partial charge in [0, 0.05) is 17.9 Å². The highest BCUT2D eigenvalue weighted by molar-refractivity contribution is 5.85. The van der Waals surface area contributed by atoms with E-state index in [-0.39, 0.29) is 18.6 Å². The number of nitrogens with one attached hydrogen (secondary N) is 2. The molecule has 1 aliphatic rings. The number of aliphatic hydroxyl groups excluding tert-OH is 1. The molecule has 3 rings (SSSR count). The van der Waals surface area contributed by atoms with Gasteiger partial charge in [-0.25, -0.2) is 9.59 Å². The summed E-state index contributed by atoms with van der Waals surface area (Å²) in [4.78, 5) is 35.8. The number of fused-ring (bicyclic) bond motifs is 3. The highest BCUT2D eigenvalue weighted by atomic mass is 16.5. The Morgan fingerprint density at radius 3 is 2.03 bits per heavy atom. The molecule has 2 unspecified atom stereocenters. The van der Waals surface area contributed by atoms with E-state index in [1.165, 1.54) is 18.1 Å². The third-order valence-electron chi connectivity index (χ3n) is 6.48. The second-order valence-corrected chi connectivity index (χ2v) is 9.27. The Balaban J connectivity index is 1.42. The molecule has 0 spiro atoms. The van der Waals surface area contributed by atoms with Gasteiger partial charge < -0.3 is 25.6 Å². The summed E-state index contributed by atoms with van der Waals surface area (Å²) in [7, 11) is 0. The molecule has 35 heavy (non-hydrogen) atoms. The van der Waals surface area contributed by atoms with Crippen LogP contribution in [0.2, 0.25) is 0 Å². The van der Waals surface area contributed by atoms with Crippen molar-refractivity contribution in [1.82, 2.24) is 10.6 Å². The second-order valence-electron chi connectivity index (χ2n) is 9.27. The zero-order valence-electron chi connectivity index (χ0n) is 20.4. The van der Waals surface area contributed by atoms with Gasteiger partial charge in [0.1, 0.15) is 6.61 Å². The van der Waals surface area contributed by atoms with E-state index in [9.17, 15) is 19.5 Å². The van der Waals surface area contributed by atoms with Crippen molar-refractivity contribution in [2.45, 2.75) is 64.1 Å². The summed E-state index contributed by atoms with van der Waals surface area (Å²) in [6, 6.07) is 14.8. The Bertz CT molecular complexity index is 1010. The molecule has 0 fully saturated rings. The Morgan fingerprint density at radius 2 is 1.49 bits per heavy atom. The van der Waals surface area contributed by atoms with Gasteiger partial charge in [0.25, 0.3) is 0 Å². The number of carbonyl (C=O) groups excluding carboxylic acids is 2. The Kier molecular flexibility index (Phi) is 8.87. The summed E-state index contributed by atoms with van der Waals surface area (Å²) < 4.78 is 5.57. The van der Waals surface area contributed by atoms with Crippen molar-refractivity contribution < 1.29 is 29.3 Å². The zero-order valence-corrected chi connectivity index (χ0v) is 20.4. The molecule has 1 aliphatic carbocycles. The SMILES string of the molecule is CC(CCCC(C)C(=O)N[C@H](C(=O)O)[C@@H](C)O)NC(=O)OCC1c2ccccc2-c2ccccc21. The number of carboxylic acid groups (broad SMARTS) is 1. The van der Waals surface area contributed by atoms with Crippen LogP contribution in [0, 0.1) is 5.92 Å². The summed E-state index contributed by atoms with van der Waals surface area (Å²) in [5.74, 6) is -2.12. The molecular weight excluding hydrogens is 448 g/mol. The van der Waals surface area contributed by atoms with Crippen molar-refractivity contribution >= 4 is 18.0 Å². The second kappa shape index (κ2) is 11.8. The first kappa shape index (κ1) is 26.2. The van der Waals surface area contributed by atoms with Crippen LogP contribution in [0.4, 0.5) is 4.79 Å². The van der Waals surface area contributed by atoms with Crippen molar-refractivity contribution in [2.75, 3.05) is 6.61 Å². The molecule has 8 nitrogen and oxygen atoms in total. The lowest BCUT2D eigenvalue weighted by Crippen LogP contribution is -2.49. The summed E-state index contributed by atoms with van der Waals surface area (Å²) >= 11 is 0. The normalized spacial score (nSPS) is 15.8. The van der Waals surface area contributed by atoms with Crippen LogP contribution in [0.1, 0.15) is 57.1 Å². The summed E-state index contributed by atoms with van der Waals surface area (Å²) in [6.45, 7) is 5.15. The van der Waals surface area contributed by atoms with Crippen LogP contribution in [0.3, 0.4) is 0 Å². The first-order chi connectivity index (χ1) is 16.7. The van der Waals surface area contributed by atoms with E-state index in [0.717, 1.165) is 11.1 Å². The number of aliphatic hydroxyl groups is 1. The number of ether oxygens (including phenoxy) is 1. The van der Waals surface area contributed by atoms with Crippen LogP contribution in [-0.2, 0) is 14.3 Å². The van der Waals surface area contributed by atoms with Crippen LogP contribution in [-0.4, -0.2) is 53.0 Å². The van der Waals surface area contributed by atoms with Crippen molar-refractivity contribution in [3.05, 3.63) is 59.7 Å². The van der Waals surface area contributed by atoms with Gasteiger partial charge >= 0.3 is 12.1 Å². The molecule has 0 saturated carbocycles. The molecule has 4 atom stereocenters. The summed E-state index contributed by atoms with van der Waals surface area (Å²) in [6.07, 6.45) is 0.151. The molecule has 2 aromatic rings. The van der Waals surface area contributed by atoms with Gasteiger partial charge in [-0.15, -0.1) is 0 Å². The number of carbonyl (C=O) groups is 3. The maximum absolute atomic E-state index is 12.4. The van der Waals surface area contributed by atoms with Crippen LogP contribution < -0.4 is 10.6 Å². The van der Waals surface area contributed by atoms with Gasteiger partial charge in [-0.05, 0) is 48.9 Å². The van der Waals surface area contributed by atoms with Crippen molar-refractivity contribution in [2.24, 2.45) is 5.92 Å². The Morgan fingerprint density at radius 1 is 0.914 bits per heavy atom. The molecule has 0 aromatic heterocycles. The lowest BCUT2D eigenvalue weighted by molar-refractivity contribution is -0.145. The van der Waals surface area contributed by atoms with E-state index in [2.05, 4.69) is 34.9 Å². The number of benzene rings is 2. The Labute approximate surface area is 205 Å². The molecule has 2 aromatic carbocycles. The molecule has 0 aliphatic heterocycles. The fourth-order valence-electron chi connectivity index (χ4n) is 4.46. The number of carboxylic acids is 1. The highest BCUT2D eigenvalue weighted by Crippen LogP contribution is 2.44. The van der Waals surface area contributed by atoms with Gasteiger partial charge in [0.05, 0.1) is 6.10 Å². The van der Waals surface area contributed by atoms with E-state index >= 15 is 0 Å². The highest BCUT2D eigenvalue weighted by Gasteiger charge is 2.29. The average Bonchev–Trinajstić information content (AvgIpc) is 3.14. The van der Waals surface area contributed by atoms with E-state index in [0.29, 0.717) is 19.3 Å². The third kappa shape index (κ3) is 6.60. The summed E-state index contributed by atoms with van der Waals surface area (Å²) in [5.41, 5.74) is 4.66. The molecule has 0 heterocycles. The fraction of sp³-hybridized carbons (Fsp3) is 0.444. The van der Waals surface area contributed by atoms with E-state index in [1.54, 1.807) is 6.92 Å². The summed E-state index contributed by atoms with van der Waals surface area (Å²) in [5, 5.41) is 23.8. The fourth-order valence-corrected chi connectivity index (χ4v) is 4.46. The van der Waals surface area contributed by atoms with E-state index in [1.807, 2.05) is 31.2 Å². The molecular formula is C27H34N2O6. The maximum Gasteiger partial charge on any atom is 0.407 e. The Hall–Kier alpha value is -3.39. The molecule has 0 radical (unpaired) electrons. The standard InChI is InChI=1S/C27H34N2O6/c1-16(25(31)29-24(18(3)30)26(32)33)9-8-10-17(2)28-27(34)35-15-23-21-13-6-4-11-19(21)20-12-5-7-14-22(20)23/h4-7,11-14,16-18,23-24,30H,8-10,15H2,1-3H3,(H,28,34)(H,29,31)(H,32,33)/t16?,17?,18-,24+/m1/s1. The van der Waals surface area contributed by atoms with Gasteiger partial charge in [-0.2, -0.15) is 0 Å². The molecule has 2 amide bonds. The van der Waals surface area contributed by atoms with E-state index < -0.39 is 36.0 Å². The minimum Gasteiger partial charge on any atom is -0.480 e. The predicted octanol–water partition coefficient (Wildman–Crippen LogP) is 3.67. The number of alkyl carbamates (subject to hydrolysis) is 1. The van der Waals surface area contributed by atoms with Crippen molar-refractivity contribution in [3.8, 4) is 11.1 Å². The quantitative estimate of drug-likeness (QED) is 0.387. The predicted molar refractivity (Wildman–Crippen MR) is 132 cm³/mol. The van der Waals surface area contributed by atoms with E-state index in [4.69, 9.17) is 9.84 Å². The van der Waals surface area contributed by atoms with Gasteiger partial charge in [-0.3, -0.25) is 4.79 Å². The number of aliphatic carboxylic acids is 1. The molecule has 0 saturated heterocycles. The first-order valence-electron chi connectivity index (χ1n) is 12.0. The van der Waals surface area contributed by atoms with Gasteiger partial charge in [0.2, 0.25) is 5.91 Å². The minimum absolute atomic E-state index is 0.000847. The van der Waals surface area contributed by atoms with Crippen LogP contribution in [0.25, 0.3) is 11.1 Å². The van der Waals surface area contributed by atoms with Crippen LogP contribution >= 0.6 is 0 Å². The maximum atomic E-state index is 12.4. The smallest absolute Gasteiger partial charge is 0.407 e. The first-order valence-corrected chi connectivity index (χ1v) is 12.0. The monoisotopic (exact) mass is 482 g/mol. The topological polar surface area (TPSA) is 125 Å². The number of hydrogen-bond donors (Lipinski definition) is 4. The average molecular weight is 483 g/mol. The molecule has 8 heteroatoms. The number of amides is 2. The van der Waals surface area contributed by atoms with Gasteiger partial charge in [-0.1, -0.05) is 61.9 Å². The minimum atomic E-state index is -1.33. The largest absolute Gasteiger partial charge is 0.480 e. The number of hydrogen-bond acceptors (Lipinski definition) is 5. The van der Waals surface area contributed by atoms with Crippen molar-refractivity contribution in [1.29, 1.82) is 0 Å². The molecule has 0 bridgehead atoms. The molecule has 188 valence electrons. The van der Waals surface area contributed by atoms with Gasteiger partial charge in [0.15, 0.2) is 6.04 Å². The number of rotatable bonds is 11. The molecule has 4 N–H and O–H groups in total. The van der Waals surface area contributed by atoms with Crippen LogP contribution in [0.15, 0.2) is 48.5 Å². The zero-order chi connectivity index (χ0) is 25.5. The third-order valence-corrected chi connectivity index (χ3v) is 6.48. The lowest BCUT2D eigenvalue weighted by Gasteiger charge is -2.20. The van der Waals surface area contributed by atoms with Crippen LogP contribution in [0.5, 0.6) is 0 Å². The van der Waals surface area contributed by atoms with Crippen molar-refractivity contribution in [3.63, 3.8) is 0 Å². The lowest BCUT2D eigenvalue weighted by atomic mass is 9.98.